The van der Waals surface area contributed by atoms with Crippen LogP contribution in [-0.4, -0.2) is 38.8 Å². The van der Waals surface area contributed by atoms with Gasteiger partial charge in [-0.25, -0.2) is 4.39 Å². The fourth-order valence-electron chi connectivity index (χ4n) is 2.82. The number of aliphatic hydroxyl groups excluding tert-OH is 1. The lowest BCUT2D eigenvalue weighted by atomic mass is 10.1. The van der Waals surface area contributed by atoms with E-state index in [9.17, 15) is 19.1 Å². The summed E-state index contributed by atoms with van der Waals surface area (Å²) in [7, 11) is 1.59. The van der Waals surface area contributed by atoms with Crippen LogP contribution in [-0.2, 0) is 13.6 Å². The van der Waals surface area contributed by atoms with E-state index in [1.165, 1.54) is 21.7 Å². The summed E-state index contributed by atoms with van der Waals surface area (Å²) in [6.07, 6.45) is 0. The quantitative estimate of drug-likeness (QED) is 0.756. The molecule has 0 radical (unpaired) electrons. The number of hydrogen-bond donors (Lipinski definition) is 1. The lowest BCUT2D eigenvalue weighted by molar-refractivity contribution is 0.0698. The molecule has 26 heavy (non-hydrogen) atoms. The number of aryl methyl sites for hydroxylation is 1. The van der Waals surface area contributed by atoms with Gasteiger partial charge in [-0.2, -0.15) is 5.10 Å². The molecule has 2 aromatic carbocycles. The minimum atomic E-state index is -0.626. The van der Waals surface area contributed by atoms with Gasteiger partial charge in [-0.1, -0.05) is 30.3 Å². The van der Waals surface area contributed by atoms with Gasteiger partial charge in [0.1, 0.15) is 5.82 Å². The molecule has 134 valence electrons. The third-order valence-corrected chi connectivity index (χ3v) is 4.09. The van der Waals surface area contributed by atoms with Gasteiger partial charge in [0.05, 0.1) is 17.5 Å². The third-order valence-electron chi connectivity index (χ3n) is 4.09. The first-order valence-corrected chi connectivity index (χ1v) is 8.12. The molecule has 1 aromatic heterocycles. The van der Waals surface area contributed by atoms with E-state index in [0.29, 0.717) is 5.52 Å². The van der Waals surface area contributed by atoms with E-state index in [1.54, 1.807) is 7.05 Å². The Hall–Kier alpha value is -3.06. The molecule has 0 aliphatic rings. The van der Waals surface area contributed by atoms with Crippen LogP contribution in [0.3, 0.4) is 0 Å². The van der Waals surface area contributed by atoms with Crippen LogP contribution >= 0.6 is 0 Å². The molecule has 3 aromatic rings. The molecular weight excluding hydrogens is 337 g/mol. The molecule has 3 rings (SSSR count). The zero-order valence-corrected chi connectivity index (χ0v) is 14.2. The van der Waals surface area contributed by atoms with Gasteiger partial charge in [-0.3, -0.25) is 14.3 Å². The number of benzene rings is 2. The van der Waals surface area contributed by atoms with Crippen molar-refractivity contribution in [3.63, 3.8) is 0 Å². The molecule has 0 saturated heterocycles. The monoisotopic (exact) mass is 355 g/mol. The Morgan fingerprint density at radius 2 is 1.96 bits per heavy atom. The molecule has 1 N–H and O–H groups in total. The minimum absolute atomic E-state index is 0.0553. The molecular formula is C19H18FN3O3. The molecule has 0 saturated carbocycles. The molecule has 0 fully saturated rings. The molecule has 6 nitrogen and oxygen atoms in total. The zero-order valence-electron chi connectivity index (χ0n) is 14.2. The second kappa shape index (κ2) is 7.45. The van der Waals surface area contributed by atoms with Gasteiger partial charge in [0.2, 0.25) is 5.43 Å². The summed E-state index contributed by atoms with van der Waals surface area (Å²) < 4.78 is 14.9. The normalized spacial score (nSPS) is 10.9. The first kappa shape index (κ1) is 17.8. The Labute approximate surface area is 149 Å². The summed E-state index contributed by atoms with van der Waals surface area (Å²) in [5.74, 6) is -1.16. The van der Waals surface area contributed by atoms with Crippen molar-refractivity contribution in [3.05, 3.63) is 75.8 Å². The number of fused-ring (bicyclic) bond motifs is 1. The van der Waals surface area contributed by atoms with E-state index in [-0.39, 0.29) is 30.8 Å². The van der Waals surface area contributed by atoms with Gasteiger partial charge >= 0.3 is 0 Å². The summed E-state index contributed by atoms with van der Waals surface area (Å²) >= 11 is 0. The first-order valence-electron chi connectivity index (χ1n) is 8.12. The molecule has 0 aliphatic carbocycles. The Kier molecular flexibility index (Phi) is 5.09. The maximum absolute atomic E-state index is 13.6. The number of aromatic nitrogens is 2. The number of nitrogens with zero attached hydrogens (tertiary/aromatic N) is 3. The van der Waals surface area contributed by atoms with Crippen LogP contribution < -0.4 is 5.43 Å². The predicted octanol–water partition coefficient (Wildman–Crippen LogP) is 1.71. The van der Waals surface area contributed by atoms with Gasteiger partial charge in [-0.15, -0.1) is 0 Å². The first-order chi connectivity index (χ1) is 12.5. The van der Waals surface area contributed by atoms with Crippen LogP contribution in [0.15, 0.2) is 53.3 Å². The Morgan fingerprint density at radius 1 is 1.23 bits per heavy atom. The standard InChI is InChI=1S/C19H18FN3O3/c1-22-16-8-7-14(20)11-15(16)18(25)17(21-22)19(26)23(9-10-24)12-13-5-3-2-4-6-13/h2-8,11,24H,9-10,12H2,1H3. The summed E-state index contributed by atoms with van der Waals surface area (Å²) in [5.41, 5.74) is 0.372. The highest BCUT2D eigenvalue weighted by atomic mass is 19.1. The lowest BCUT2D eigenvalue weighted by Crippen LogP contribution is -2.37. The van der Waals surface area contributed by atoms with Crippen LogP contribution in [0.25, 0.3) is 10.9 Å². The summed E-state index contributed by atoms with van der Waals surface area (Å²) in [6, 6.07) is 13.0. The number of carbonyl (C=O) groups is 1. The average molecular weight is 355 g/mol. The Balaban J connectivity index is 2.04. The van der Waals surface area contributed by atoms with Crippen molar-refractivity contribution < 1.29 is 14.3 Å². The van der Waals surface area contributed by atoms with E-state index in [1.807, 2.05) is 30.3 Å². The molecule has 0 spiro atoms. The highest BCUT2D eigenvalue weighted by Gasteiger charge is 2.22. The molecule has 7 heteroatoms. The van der Waals surface area contributed by atoms with E-state index >= 15 is 0 Å². The van der Waals surface area contributed by atoms with Gasteiger partial charge in [-0.05, 0) is 23.8 Å². The summed E-state index contributed by atoms with van der Waals surface area (Å²) in [6.45, 7) is 0.0348. The van der Waals surface area contributed by atoms with E-state index in [0.717, 1.165) is 11.6 Å². The molecule has 0 aliphatic heterocycles. The van der Waals surface area contributed by atoms with Gasteiger partial charge in [0.25, 0.3) is 5.91 Å². The topological polar surface area (TPSA) is 75.4 Å². The number of rotatable bonds is 5. The fourth-order valence-corrected chi connectivity index (χ4v) is 2.82. The van der Waals surface area contributed by atoms with Crippen molar-refractivity contribution in [1.29, 1.82) is 0 Å². The maximum Gasteiger partial charge on any atom is 0.278 e. The number of carbonyl (C=O) groups excluding carboxylic acids is 1. The Bertz CT molecular complexity index is 1000. The largest absolute Gasteiger partial charge is 0.395 e. The van der Waals surface area contributed by atoms with Crippen molar-refractivity contribution in [2.45, 2.75) is 6.54 Å². The number of amides is 1. The number of halogens is 1. The highest BCUT2D eigenvalue weighted by molar-refractivity contribution is 5.95. The number of hydrogen-bond acceptors (Lipinski definition) is 4. The molecule has 1 amide bonds. The second-order valence-corrected chi connectivity index (χ2v) is 5.90. The van der Waals surface area contributed by atoms with Gasteiger partial charge in [0.15, 0.2) is 5.69 Å². The van der Waals surface area contributed by atoms with E-state index < -0.39 is 17.2 Å². The molecule has 1 heterocycles. The van der Waals surface area contributed by atoms with Gasteiger partial charge < -0.3 is 10.0 Å². The SMILES string of the molecule is Cn1nc(C(=O)N(CCO)Cc2ccccc2)c(=O)c2cc(F)ccc21. The number of aliphatic hydroxyl groups is 1. The lowest BCUT2D eigenvalue weighted by Gasteiger charge is -2.21. The average Bonchev–Trinajstić information content (AvgIpc) is 2.64. The summed E-state index contributed by atoms with van der Waals surface area (Å²) in [4.78, 5) is 26.9. The fraction of sp³-hybridized carbons (Fsp3) is 0.211. The van der Waals surface area contributed by atoms with Crippen LogP contribution in [0.2, 0.25) is 0 Å². The predicted molar refractivity (Wildman–Crippen MR) is 95.2 cm³/mol. The van der Waals surface area contributed by atoms with Crippen LogP contribution in [0.5, 0.6) is 0 Å². The van der Waals surface area contributed by atoms with Crippen molar-refractivity contribution in [1.82, 2.24) is 14.7 Å². The van der Waals surface area contributed by atoms with Crippen molar-refractivity contribution in [3.8, 4) is 0 Å². The molecule has 0 atom stereocenters. The summed E-state index contributed by atoms with van der Waals surface area (Å²) in [5, 5.41) is 13.5. The van der Waals surface area contributed by atoms with Crippen LogP contribution in [0, 0.1) is 5.82 Å². The molecule has 0 unspecified atom stereocenters. The third kappa shape index (κ3) is 3.48. The highest BCUT2D eigenvalue weighted by Crippen LogP contribution is 2.13. The zero-order chi connectivity index (χ0) is 18.7. The van der Waals surface area contributed by atoms with E-state index in [2.05, 4.69) is 5.10 Å². The van der Waals surface area contributed by atoms with Crippen molar-refractivity contribution in [2.75, 3.05) is 13.2 Å². The minimum Gasteiger partial charge on any atom is -0.395 e. The van der Waals surface area contributed by atoms with Gasteiger partial charge in [0, 0.05) is 20.1 Å². The smallest absolute Gasteiger partial charge is 0.278 e. The van der Waals surface area contributed by atoms with Crippen molar-refractivity contribution in [2.24, 2.45) is 7.05 Å². The second-order valence-electron chi connectivity index (χ2n) is 5.90. The van der Waals surface area contributed by atoms with E-state index in [4.69, 9.17) is 0 Å². The van der Waals surface area contributed by atoms with Crippen LogP contribution in [0.4, 0.5) is 4.39 Å². The molecule has 0 bridgehead atoms. The Morgan fingerprint density at radius 3 is 2.65 bits per heavy atom. The van der Waals surface area contributed by atoms with Crippen molar-refractivity contribution >= 4 is 16.8 Å². The maximum atomic E-state index is 13.6. The van der Waals surface area contributed by atoms with Crippen LogP contribution in [0.1, 0.15) is 16.1 Å².